The van der Waals surface area contributed by atoms with Crippen molar-refractivity contribution in [2.24, 2.45) is 5.73 Å². The highest BCUT2D eigenvalue weighted by atomic mass is 32.2. The smallest absolute Gasteiger partial charge is 0.312 e. The number of carbonyl (C=O) groups excluding carboxylic acids is 1. The number of primary amides is 1. The third-order valence-electron chi connectivity index (χ3n) is 2.23. The fraction of sp³-hybridized carbons (Fsp3) is 0.300. The van der Waals surface area contributed by atoms with E-state index in [1.165, 1.54) is 6.07 Å². The lowest BCUT2D eigenvalue weighted by molar-refractivity contribution is 0.249. The summed E-state index contributed by atoms with van der Waals surface area (Å²) in [4.78, 5) is 10.5. The van der Waals surface area contributed by atoms with Gasteiger partial charge in [-0.05, 0) is 18.6 Å². The molecule has 1 rings (SSSR count). The Labute approximate surface area is 106 Å². The Balaban J connectivity index is 2.78. The number of urea groups is 1. The Morgan fingerprint density at radius 2 is 2.00 bits per heavy atom. The summed E-state index contributed by atoms with van der Waals surface area (Å²) in [6.07, 6.45) is 0. The maximum Gasteiger partial charge on any atom is 0.312 e. The molecule has 1 aromatic rings. The summed E-state index contributed by atoms with van der Waals surface area (Å²) >= 11 is 0. The Morgan fingerprint density at radius 3 is 2.56 bits per heavy atom. The van der Waals surface area contributed by atoms with Crippen LogP contribution in [0.1, 0.15) is 5.56 Å². The average Bonchev–Trinajstić information content (AvgIpc) is 2.23. The van der Waals surface area contributed by atoms with Crippen molar-refractivity contribution in [3.8, 4) is 0 Å². The Morgan fingerprint density at radius 1 is 1.33 bits per heavy atom. The van der Waals surface area contributed by atoms with E-state index in [4.69, 9.17) is 11.5 Å². The molecule has 6 N–H and O–H groups in total. The normalized spacial score (nSPS) is 11.2. The molecule has 0 radical (unpaired) electrons. The standard InChI is InChI=1S/C10H16N4O3S/c1-7-3-2-4-8(11)9(7)18(16,17)14-6-5-13-10(12)15/h2-4,14H,5-6,11H2,1H3,(H3,12,13,15). The van der Waals surface area contributed by atoms with Gasteiger partial charge in [0.15, 0.2) is 0 Å². The summed E-state index contributed by atoms with van der Waals surface area (Å²) in [6, 6.07) is 4.15. The van der Waals surface area contributed by atoms with Crippen molar-refractivity contribution in [3.05, 3.63) is 23.8 Å². The predicted molar refractivity (Wildman–Crippen MR) is 68.4 cm³/mol. The first kappa shape index (κ1) is 14.3. The molecular formula is C10H16N4O3S. The average molecular weight is 272 g/mol. The number of hydrogen-bond acceptors (Lipinski definition) is 4. The van der Waals surface area contributed by atoms with Crippen molar-refractivity contribution in [2.75, 3.05) is 18.8 Å². The summed E-state index contributed by atoms with van der Waals surface area (Å²) in [5.41, 5.74) is 11.3. The summed E-state index contributed by atoms with van der Waals surface area (Å²) in [7, 11) is -3.69. The number of amides is 2. The SMILES string of the molecule is Cc1cccc(N)c1S(=O)(=O)NCCNC(N)=O. The third kappa shape index (κ3) is 3.60. The molecule has 0 atom stereocenters. The maximum atomic E-state index is 12.0. The zero-order valence-electron chi connectivity index (χ0n) is 9.93. The van der Waals surface area contributed by atoms with Crippen LogP contribution in [0, 0.1) is 6.92 Å². The lowest BCUT2D eigenvalue weighted by Gasteiger charge is -2.11. The summed E-state index contributed by atoms with van der Waals surface area (Å²) in [6.45, 7) is 1.81. The van der Waals surface area contributed by atoms with E-state index in [1.807, 2.05) is 0 Å². The molecule has 0 unspecified atom stereocenters. The summed E-state index contributed by atoms with van der Waals surface area (Å²) in [5, 5.41) is 2.28. The maximum absolute atomic E-state index is 12.0. The number of benzene rings is 1. The van der Waals surface area contributed by atoms with Crippen molar-refractivity contribution in [1.82, 2.24) is 10.0 Å². The number of sulfonamides is 1. The van der Waals surface area contributed by atoms with Crippen LogP contribution in [0.2, 0.25) is 0 Å². The largest absolute Gasteiger partial charge is 0.398 e. The first-order valence-electron chi connectivity index (χ1n) is 5.22. The van der Waals surface area contributed by atoms with Gasteiger partial charge in [0.1, 0.15) is 4.90 Å². The molecular weight excluding hydrogens is 256 g/mol. The van der Waals surface area contributed by atoms with E-state index in [0.717, 1.165) is 0 Å². The highest BCUT2D eigenvalue weighted by molar-refractivity contribution is 7.89. The van der Waals surface area contributed by atoms with Crippen molar-refractivity contribution in [2.45, 2.75) is 11.8 Å². The second-order valence-corrected chi connectivity index (χ2v) is 5.39. The molecule has 0 heterocycles. The first-order chi connectivity index (χ1) is 8.34. The van der Waals surface area contributed by atoms with Crippen LogP contribution in [0.3, 0.4) is 0 Å². The molecule has 7 nitrogen and oxygen atoms in total. The number of rotatable bonds is 5. The minimum Gasteiger partial charge on any atom is -0.398 e. The lowest BCUT2D eigenvalue weighted by Crippen LogP contribution is -2.37. The molecule has 0 fully saturated rings. The van der Waals surface area contributed by atoms with Gasteiger partial charge in [0, 0.05) is 13.1 Å². The molecule has 0 spiro atoms. The van der Waals surface area contributed by atoms with Gasteiger partial charge in [-0.25, -0.2) is 17.9 Å². The van der Waals surface area contributed by atoms with E-state index in [2.05, 4.69) is 10.0 Å². The summed E-state index contributed by atoms with van der Waals surface area (Å²) in [5.74, 6) is 0. The fourth-order valence-corrected chi connectivity index (χ4v) is 2.87. The van der Waals surface area contributed by atoms with Gasteiger partial charge in [-0.15, -0.1) is 0 Å². The van der Waals surface area contributed by atoms with Crippen LogP contribution in [0.5, 0.6) is 0 Å². The second-order valence-electron chi connectivity index (χ2n) is 3.68. The zero-order chi connectivity index (χ0) is 13.8. The van der Waals surface area contributed by atoms with Crippen molar-refractivity contribution < 1.29 is 13.2 Å². The highest BCUT2D eigenvalue weighted by Gasteiger charge is 2.18. The Hall–Kier alpha value is -1.80. The van der Waals surface area contributed by atoms with E-state index in [0.29, 0.717) is 5.56 Å². The highest BCUT2D eigenvalue weighted by Crippen LogP contribution is 2.21. The Kier molecular flexibility index (Phi) is 4.51. The molecule has 0 aliphatic heterocycles. The van der Waals surface area contributed by atoms with E-state index in [1.54, 1.807) is 19.1 Å². The quantitative estimate of drug-likeness (QED) is 0.426. The van der Waals surface area contributed by atoms with Gasteiger partial charge in [-0.3, -0.25) is 0 Å². The topological polar surface area (TPSA) is 127 Å². The minimum absolute atomic E-state index is 0.0407. The van der Waals surface area contributed by atoms with E-state index >= 15 is 0 Å². The van der Waals surface area contributed by atoms with Crippen LogP contribution in [0.4, 0.5) is 10.5 Å². The molecule has 1 aromatic carbocycles. The number of carbonyl (C=O) groups is 1. The van der Waals surface area contributed by atoms with Crippen molar-refractivity contribution in [3.63, 3.8) is 0 Å². The molecule has 100 valence electrons. The molecule has 0 bridgehead atoms. The molecule has 2 amide bonds. The van der Waals surface area contributed by atoms with Crippen molar-refractivity contribution in [1.29, 1.82) is 0 Å². The number of hydrogen-bond donors (Lipinski definition) is 4. The van der Waals surface area contributed by atoms with Gasteiger partial charge in [0.05, 0.1) is 5.69 Å². The van der Waals surface area contributed by atoms with Crippen LogP contribution in [0.15, 0.2) is 23.1 Å². The van der Waals surface area contributed by atoms with Gasteiger partial charge in [0.2, 0.25) is 10.0 Å². The third-order valence-corrected chi connectivity index (χ3v) is 3.91. The van der Waals surface area contributed by atoms with Crippen LogP contribution >= 0.6 is 0 Å². The van der Waals surface area contributed by atoms with Gasteiger partial charge >= 0.3 is 6.03 Å². The van der Waals surface area contributed by atoms with E-state index < -0.39 is 16.1 Å². The summed E-state index contributed by atoms with van der Waals surface area (Å²) < 4.78 is 26.3. The number of nitrogen functional groups attached to an aromatic ring is 1. The van der Waals surface area contributed by atoms with Crippen LogP contribution < -0.4 is 21.5 Å². The van der Waals surface area contributed by atoms with E-state index in [-0.39, 0.29) is 23.7 Å². The molecule has 0 saturated heterocycles. The number of nitrogens with one attached hydrogen (secondary N) is 2. The minimum atomic E-state index is -3.69. The van der Waals surface area contributed by atoms with Crippen LogP contribution in [0.25, 0.3) is 0 Å². The van der Waals surface area contributed by atoms with Crippen LogP contribution in [-0.4, -0.2) is 27.5 Å². The molecule has 18 heavy (non-hydrogen) atoms. The first-order valence-corrected chi connectivity index (χ1v) is 6.71. The van der Waals surface area contributed by atoms with E-state index in [9.17, 15) is 13.2 Å². The van der Waals surface area contributed by atoms with Gasteiger partial charge in [0.25, 0.3) is 0 Å². The molecule has 0 saturated carbocycles. The predicted octanol–water partition coefficient (Wildman–Crippen LogP) is -0.476. The van der Waals surface area contributed by atoms with Gasteiger partial charge in [-0.1, -0.05) is 12.1 Å². The lowest BCUT2D eigenvalue weighted by atomic mass is 10.2. The second kappa shape index (κ2) is 5.69. The number of aryl methyl sites for hydroxylation is 1. The molecule has 8 heteroatoms. The molecule has 0 aliphatic carbocycles. The fourth-order valence-electron chi connectivity index (χ4n) is 1.49. The van der Waals surface area contributed by atoms with Crippen LogP contribution in [-0.2, 0) is 10.0 Å². The molecule has 0 aromatic heterocycles. The van der Waals surface area contributed by atoms with Gasteiger partial charge in [-0.2, -0.15) is 0 Å². The monoisotopic (exact) mass is 272 g/mol. The number of anilines is 1. The number of nitrogens with two attached hydrogens (primary N) is 2. The zero-order valence-corrected chi connectivity index (χ0v) is 10.8. The van der Waals surface area contributed by atoms with Gasteiger partial charge < -0.3 is 16.8 Å². The molecule has 0 aliphatic rings. The Bertz CT molecular complexity index is 522. The van der Waals surface area contributed by atoms with Crippen molar-refractivity contribution >= 4 is 21.7 Å².